The summed E-state index contributed by atoms with van der Waals surface area (Å²) in [5.74, 6) is -0.223. The molecule has 3 aliphatic rings. The third-order valence-corrected chi connectivity index (χ3v) is 11.5. The normalized spacial score (nSPS) is 23.8. The predicted octanol–water partition coefficient (Wildman–Crippen LogP) is 3.19. The third kappa shape index (κ3) is 8.58. The standard InChI is InChI=1S/C35H49N3O8S/c1-23(2)32-30(14-17-47(32,42)43)46-34(41)25(18-24-10-7-6-8-11-24)19-26(39)20-37-15-16-38(21-28(37)33(40)36-35(3,4)5)27-12-9-13-29-31(27)45-22-44-29/h6-13,23,25-26,28,30,32,39H,14-22H2,1-5H3,(H,36,40)/t25-,26+,28+,30-,32-/m1/s1. The van der Waals surface area contributed by atoms with Crippen molar-refractivity contribution in [3.8, 4) is 11.5 Å². The lowest BCUT2D eigenvalue weighted by Gasteiger charge is -2.43. The zero-order valence-electron chi connectivity index (χ0n) is 28.1. The van der Waals surface area contributed by atoms with Crippen LogP contribution in [-0.2, 0) is 30.6 Å². The van der Waals surface area contributed by atoms with Crippen LogP contribution in [0.2, 0.25) is 0 Å². The number of para-hydroxylation sites is 1. The number of nitrogens with one attached hydrogen (secondary N) is 1. The van der Waals surface area contributed by atoms with E-state index in [0.717, 1.165) is 11.3 Å². The van der Waals surface area contributed by atoms with Crippen molar-refractivity contribution in [3.05, 3.63) is 54.1 Å². The Balaban J connectivity index is 1.32. The number of ether oxygens (including phenoxy) is 3. The molecule has 0 aliphatic carbocycles. The van der Waals surface area contributed by atoms with E-state index in [1.165, 1.54) is 0 Å². The van der Waals surface area contributed by atoms with Gasteiger partial charge in [-0.1, -0.05) is 50.2 Å². The van der Waals surface area contributed by atoms with Gasteiger partial charge in [0.25, 0.3) is 0 Å². The van der Waals surface area contributed by atoms with Crippen LogP contribution in [0.25, 0.3) is 0 Å². The molecule has 47 heavy (non-hydrogen) atoms. The van der Waals surface area contributed by atoms with Crippen molar-refractivity contribution in [2.24, 2.45) is 11.8 Å². The number of carbonyl (C=O) groups excluding carboxylic acids is 2. The van der Waals surface area contributed by atoms with Gasteiger partial charge in [-0.15, -0.1) is 0 Å². The molecule has 258 valence electrons. The number of esters is 1. The van der Waals surface area contributed by atoms with Gasteiger partial charge in [-0.05, 0) is 63.6 Å². The lowest BCUT2D eigenvalue weighted by Crippen LogP contribution is -2.62. The summed E-state index contributed by atoms with van der Waals surface area (Å²) in [4.78, 5) is 31.5. The zero-order valence-corrected chi connectivity index (χ0v) is 28.9. The summed E-state index contributed by atoms with van der Waals surface area (Å²) >= 11 is 0. The Morgan fingerprint density at radius 1 is 1.06 bits per heavy atom. The molecule has 12 heteroatoms. The Bertz CT molecular complexity index is 1510. The van der Waals surface area contributed by atoms with Crippen molar-refractivity contribution in [1.29, 1.82) is 0 Å². The highest BCUT2D eigenvalue weighted by molar-refractivity contribution is 7.92. The molecule has 2 fully saturated rings. The van der Waals surface area contributed by atoms with E-state index in [-0.39, 0.29) is 43.8 Å². The molecule has 0 radical (unpaired) electrons. The molecule has 0 unspecified atom stereocenters. The number of aliphatic hydroxyl groups excluding tert-OH is 1. The molecule has 5 rings (SSSR count). The van der Waals surface area contributed by atoms with Gasteiger partial charge in [-0.25, -0.2) is 8.42 Å². The first-order chi connectivity index (χ1) is 22.2. The van der Waals surface area contributed by atoms with Gasteiger partial charge in [-0.3, -0.25) is 14.5 Å². The van der Waals surface area contributed by atoms with Gasteiger partial charge in [0.2, 0.25) is 12.7 Å². The molecule has 0 aromatic heterocycles. The molecule has 0 bridgehead atoms. The van der Waals surface area contributed by atoms with E-state index in [9.17, 15) is 23.1 Å². The highest BCUT2D eigenvalue weighted by Crippen LogP contribution is 2.41. The molecular weight excluding hydrogens is 622 g/mol. The van der Waals surface area contributed by atoms with Crippen LogP contribution in [0.1, 0.15) is 53.0 Å². The van der Waals surface area contributed by atoms with Gasteiger partial charge in [0, 0.05) is 31.7 Å². The minimum Gasteiger partial charge on any atom is -0.461 e. The summed E-state index contributed by atoms with van der Waals surface area (Å²) in [5.41, 5.74) is 1.31. The summed E-state index contributed by atoms with van der Waals surface area (Å²) < 4.78 is 42.7. The number of hydrogen-bond donors (Lipinski definition) is 2. The minimum atomic E-state index is -3.35. The van der Waals surface area contributed by atoms with Gasteiger partial charge in [0.15, 0.2) is 21.3 Å². The Hall–Kier alpha value is -3.35. The fourth-order valence-electron chi connectivity index (χ4n) is 6.99. The Labute approximate surface area is 278 Å². The number of piperazine rings is 1. The monoisotopic (exact) mass is 671 g/mol. The van der Waals surface area contributed by atoms with Gasteiger partial charge in [0.1, 0.15) is 17.4 Å². The van der Waals surface area contributed by atoms with Crippen LogP contribution in [0, 0.1) is 11.8 Å². The highest BCUT2D eigenvalue weighted by atomic mass is 32.2. The number of benzene rings is 2. The third-order valence-electron chi connectivity index (χ3n) is 9.06. The first-order valence-electron chi connectivity index (χ1n) is 16.6. The zero-order chi connectivity index (χ0) is 33.9. The van der Waals surface area contributed by atoms with Crippen molar-refractivity contribution in [3.63, 3.8) is 0 Å². The summed E-state index contributed by atoms with van der Waals surface area (Å²) in [6.07, 6.45) is -0.946. The minimum absolute atomic E-state index is 0.00526. The van der Waals surface area contributed by atoms with E-state index in [2.05, 4.69) is 10.2 Å². The Kier molecular flexibility index (Phi) is 10.7. The van der Waals surface area contributed by atoms with Crippen molar-refractivity contribution >= 4 is 27.4 Å². The number of fused-ring (bicyclic) bond motifs is 1. The molecule has 0 saturated carbocycles. The van der Waals surface area contributed by atoms with Gasteiger partial charge >= 0.3 is 5.97 Å². The predicted molar refractivity (Wildman–Crippen MR) is 179 cm³/mol. The SMILES string of the molecule is CC(C)[C@@H]1[C@H](OC(=O)[C@H](Cc2ccccc2)C[C@H](O)CN2CCN(c3cccc4c3OCO4)C[C@H]2C(=O)NC(C)(C)C)CCS1(=O)=O. The number of nitrogens with zero attached hydrogens (tertiary/aromatic N) is 2. The first kappa shape index (κ1) is 35.0. The van der Waals surface area contributed by atoms with Crippen molar-refractivity contribution in [2.75, 3.05) is 43.6 Å². The summed E-state index contributed by atoms with van der Waals surface area (Å²) in [5, 5.41) is 13.9. The van der Waals surface area contributed by atoms with E-state index in [4.69, 9.17) is 14.2 Å². The topological polar surface area (TPSA) is 135 Å². The molecule has 2 N–H and O–H groups in total. The van der Waals surface area contributed by atoms with Gasteiger partial charge in [-0.2, -0.15) is 0 Å². The second kappa shape index (κ2) is 14.4. The van der Waals surface area contributed by atoms with Crippen molar-refractivity contribution in [1.82, 2.24) is 10.2 Å². The van der Waals surface area contributed by atoms with Crippen molar-refractivity contribution in [2.45, 2.75) is 82.9 Å². The largest absolute Gasteiger partial charge is 0.461 e. The maximum atomic E-state index is 13.7. The van der Waals surface area contributed by atoms with E-state index >= 15 is 0 Å². The van der Waals surface area contributed by atoms with Gasteiger partial charge < -0.3 is 29.5 Å². The number of aliphatic hydroxyl groups is 1. The molecule has 2 saturated heterocycles. The lowest BCUT2D eigenvalue weighted by atomic mass is 9.92. The number of hydrogen-bond acceptors (Lipinski definition) is 10. The van der Waals surface area contributed by atoms with Gasteiger partial charge in [0.05, 0.1) is 23.5 Å². The van der Waals surface area contributed by atoms with E-state index in [1.807, 2.05) is 88.0 Å². The number of sulfone groups is 1. The number of rotatable bonds is 11. The Morgan fingerprint density at radius 3 is 2.51 bits per heavy atom. The number of anilines is 1. The van der Waals surface area contributed by atoms with E-state index in [0.29, 0.717) is 37.6 Å². The van der Waals surface area contributed by atoms with Crippen LogP contribution >= 0.6 is 0 Å². The van der Waals surface area contributed by atoms with Crippen LogP contribution in [-0.4, -0.2) is 98.1 Å². The maximum absolute atomic E-state index is 13.7. The summed E-state index contributed by atoms with van der Waals surface area (Å²) in [6, 6.07) is 14.7. The fourth-order valence-corrected chi connectivity index (χ4v) is 9.30. The molecule has 11 nitrogen and oxygen atoms in total. The highest BCUT2D eigenvalue weighted by Gasteiger charge is 2.45. The summed E-state index contributed by atoms with van der Waals surface area (Å²) in [6.45, 7) is 11.2. The van der Waals surface area contributed by atoms with Crippen LogP contribution in [0.4, 0.5) is 5.69 Å². The molecule has 5 atom stereocenters. The fraction of sp³-hybridized carbons (Fsp3) is 0.600. The molecule has 3 heterocycles. The number of carbonyl (C=O) groups is 2. The Morgan fingerprint density at radius 2 is 1.81 bits per heavy atom. The first-order valence-corrected chi connectivity index (χ1v) is 18.3. The van der Waals surface area contributed by atoms with Crippen LogP contribution in [0.5, 0.6) is 11.5 Å². The molecule has 1 amide bonds. The molecular formula is C35H49N3O8S. The number of β-amino-alcohol motifs (C(OH)–C–C–N with tert-alkyl or cyclic N) is 1. The molecule has 3 aliphatic heterocycles. The van der Waals surface area contributed by atoms with E-state index in [1.54, 1.807) is 0 Å². The van der Waals surface area contributed by atoms with Crippen LogP contribution in [0.3, 0.4) is 0 Å². The second-order valence-corrected chi connectivity index (χ2v) is 16.6. The average Bonchev–Trinajstić information content (AvgIpc) is 3.60. The van der Waals surface area contributed by atoms with E-state index < -0.39 is 50.8 Å². The maximum Gasteiger partial charge on any atom is 0.309 e. The number of amides is 1. The quantitative estimate of drug-likeness (QED) is 0.343. The molecule has 0 spiro atoms. The molecule has 2 aromatic carbocycles. The second-order valence-electron chi connectivity index (χ2n) is 14.3. The van der Waals surface area contributed by atoms with Crippen molar-refractivity contribution < 1.29 is 37.3 Å². The molecule has 2 aromatic rings. The van der Waals surface area contributed by atoms with Crippen LogP contribution in [0.15, 0.2) is 48.5 Å². The summed E-state index contributed by atoms with van der Waals surface area (Å²) in [7, 11) is -3.35. The lowest BCUT2D eigenvalue weighted by molar-refractivity contribution is -0.155. The smallest absolute Gasteiger partial charge is 0.309 e. The van der Waals surface area contributed by atoms with Crippen LogP contribution < -0.4 is 19.7 Å². The average molecular weight is 672 g/mol.